The molecule has 0 unspecified atom stereocenters. The minimum absolute atomic E-state index is 0.0291. The fraction of sp³-hybridized carbons (Fsp3) is 0.0400. The number of benzene rings is 4. The summed E-state index contributed by atoms with van der Waals surface area (Å²) in [6.07, 6.45) is 1.36. The molecule has 0 bridgehead atoms. The van der Waals surface area contributed by atoms with Crippen LogP contribution in [0.1, 0.15) is 15.9 Å². The van der Waals surface area contributed by atoms with Crippen molar-refractivity contribution in [1.29, 1.82) is 0 Å². The van der Waals surface area contributed by atoms with Crippen molar-refractivity contribution in [3.05, 3.63) is 109 Å². The lowest BCUT2D eigenvalue weighted by atomic mass is 10.0. The van der Waals surface area contributed by atoms with Gasteiger partial charge < -0.3 is 9.47 Å². The van der Waals surface area contributed by atoms with Crippen LogP contribution in [0.3, 0.4) is 0 Å². The number of anilines is 1. The molecular weight excluding hydrogens is 548 g/mol. The Kier molecular flexibility index (Phi) is 7.39. The third-order valence-electron chi connectivity index (χ3n) is 5.24. The van der Waals surface area contributed by atoms with E-state index in [0.717, 1.165) is 22.9 Å². The minimum Gasteiger partial charge on any atom is -0.493 e. The van der Waals surface area contributed by atoms with Gasteiger partial charge in [-0.15, -0.1) is 0 Å². The van der Waals surface area contributed by atoms with Crippen molar-refractivity contribution in [3.8, 4) is 11.5 Å². The van der Waals surface area contributed by atoms with Gasteiger partial charge in [-0.25, -0.2) is 4.79 Å². The van der Waals surface area contributed by atoms with Gasteiger partial charge in [-0.05, 0) is 56.5 Å². The van der Waals surface area contributed by atoms with Gasteiger partial charge in [-0.3, -0.25) is 25.7 Å². The highest BCUT2D eigenvalue weighted by Gasteiger charge is 2.20. The third kappa shape index (κ3) is 5.54. The van der Waals surface area contributed by atoms with Gasteiger partial charge in [0, 0.05) is 6.07 Å². The maximum absolute atomic E-state index is 13.0. The zero-order valence-corrected chi connectivity index (χ0v) is 20.7. The molecule has 0 heterocycles. The normalized spacial score (nSPS) is 10.9. The van der Waals surface area contributed by atoms with E-state index in [1.165, 1.54) is 19.4 Å². The number of non-ortho nitro benzene ring substituents is 1. The summed E-state index contributed by atoms with van der Waals surface area (Å²) >= 11 is 3.39. The highest BCUT2D eigenvalue weighted by Crippen LogP contribution is 2.37. The molecule has 0 aliphatic heterocycles. The first-order chi connectivity index (χ1) is 17.8. The lowest BCUT2D eigenvalue weighted by Crippen LogP contribution is -2.10. The van der Waals surface area contributed by atoms with Crippen LogP contribution in [0.2, 0.25) is 0 Å². The number of halogens is 1. The zero-order chi connectivity index (χ0) is 26.5. The Morgan fingerprint density at radius 3 is 2.49 bits per heavy atom. The minimum atomic E-state index is -0.746. The maximum Gasteiger partial charge on any atom is 0.344 e. The average Bonchev–Trinajstić information content (AvgIpc) is 2.89. The third-order valence-corrected chi connectivity index (χ3v) is 5.83. The van der Waals surface area contributed by atoms with E-state index >= 15 is 0 Å². The monoisotopic (exact) mass is 564 g/mol. The highest BCUT2D eigenvalue weighted by atomic mass is 79.9. The van der Waals surface area contributed by atoms with Crippen molar-refractivity contribution < 1.29 is 24.1 Å². The topological polar surface area (TPSA) is 146 Å². The van der Waals surface area contributed by atoms with E-state index in [1.807, 2.05) is 30.3 Å². The molecule has 0 spiro atoms. The van der Waals surface area contributed by atoms with E-state index in [4.69, 9.17) is 9.47 Å². The first kappa shape index (κ1) is 25.3. The van der Waals surface area contributed by atoms with Crippen LogP contribution in [-0.4, -0.2) is 29.1 Å². The Morgan fingerprint density at radius 2 is 1.76 bits per heavy atom. The lowest BCUT2D eigenvalue weighted by molar-refractivity contribution is -0.393. The molecule has 4 aromatic carbocycles. The van der Waals surface area contributed by atoms with Crippen LogP contribution in [0.4, 0.5) is 17.1 Å². The molecule has 11 nitrogen and oxygen atoms in total. The van der Waals surface area contributed by atoms with Crippen LogP contribution in [0.25, 0.3) is 10.8 Å². The summed E-state index contributed by atoms with van der Waals surface area (Å²) in [7, 11) is 1.41. The Hall–Kier alpha value is -4.84. The second kappa shape index (κ2) is 10.8. The second-order valence-electron chi connectivity index (χ2n) is 7.54. The number of nitrogens with zero attached hydrogens (tertiary/aromatic N) is 3. The van der Waals surface area contributed by atoms with Gasteiger partial charge in [0.2, 0.25) is 0 Å². The fourth-order valence-electron chi connectivity index (χ4n) is 3.52. The molecule has 0 saturated carbocycles. The SMILES string of the molecule is COc1cc(/C=N\Nc2ccc([N+](=O)[O-])cc2[N+](=O)[O-])cc(Br)c1OC(=O)c1cccc2ccccc12. The van der Waals surface area contributed by atoms with Crippen LogP contribution < -0.4 is 14.9 Å². The van der Waals surface area contributed by atoms with Crippen molar-refractivity contribution in [2.45, 2.75) is 0 Å². The number of nitro groups is 2. The maximum atomic E-state index is 13.0. The van der Waals surface area contributed by atoms with E-state index < -0.39 is 27.2 Å². The standard InChI is InChI=1S/C25H17BrN4O7/c1-36-23-12-15(14-27-28-21-10-9-17(29(32)33)13-22(21)30(34)35)11-20(26)24(23)37-25(31)19-8-4-6-16-5-2-3-7-18(16)19/h2-14,28H,1H3/b27-14-. The molecule has 1 N–H and O–H groups in total. The molecule has 0 aliphatic rings. The van der Waals surface area contributed by atoms with Gasteiger partial charge in [0.15, 0.2) is 11.5 Å². The first-order valence-corrected chi connectivity index (χ1v) is 11.4. The predicted molar refractivity (Wildman–Crippen MR) is 141 cm³/mol. The number of fused-ring (bicyclic) bond motifs is 1. The van der Waals surface area contributed by atoms with Crippen molar-refractivity contribution in [2.24, 2.45) is 5.10 Å². The summed E-state index contributed by atoms with van der Waals surface area (Å²) in [4.78, 5) is 33.7. The molecule has 0 radical (unpaired) electrons. The van der Waals surface area contributed by atoms with E-state index in [0.29, 0.717) is 15.6 Å². The molecule has 186 valence electrons. The van der Waals surface area contributed by atoms with Gasteiger partial charge in [0.05, 0.1) is 39.3 Å². The summed E-state index contributed by atoms with van der Waals surface area (Å²) in [6, 6.07) is 19.1. The Labute approximate surface area is 217 Å². The highest BCUT2D eigenvalue weighted by molar-refractivity contribution is 9.10. The number of hydrogen-bond donors (Lipinski definition) is 1. The number of hydrogen-bond acceptors (Lipinski definition) is 9. The number of nitro benzene ring substituents is 2. The number of carbonyl (C=O) groups is 1. The Morgan fingerprint density at radius 1 is 1.00 bits per heavy atom. The Bertz CT molecular complexity index is 1570. The van der Waals surface area contributed by atoms with E-state index in [2.05, 4.69) is 26.5 Å². The average molecular weight is 565 g/mol. The Balaban J connectivity index is 1.57. The number of methoxy groups -OCH3 is 1. The number of rotatable bonds is 8. The molecule has 0 fully saturated rings. The van der Waals surface area contributed by atoms with E-state index in [1.54, 1.807) is 24.3 Å². The van der Waals surface area contributed by atoms with Gasteiger partial charge in [-0.1, -0.05) is 36.4 Å². The first-order valence-electron chi connectivity index (χ1n) is 10.6. The van der Waals surface area contributed by atoms with Gasteiger partial charge >= 0.3 is 11.7 Å². The zero-order valence-electron chi connectivity index (χ0n) is 19.1. The number of hydrazone groups is 1. The van der Waals surface area contributed by atoms with E-state index in [9.17, 15) is 25.0 Å². The molecule has 12 heteroatoms. The van der Waals surface area contributed by atoms with Gasteiger partial charge in [-0.2, -0.15) is 5.10 Å². The van der Waals surface area contributed by atoms with Crippen LogP contribution in [0, 0.1) is 20.2 Å². The van der Waals surface area contributed by atoms with Crippen LogP contribution in [0.5, 0.6) is 11.5 Å². The van der Waals surface area contributed by atoms with Crippen LogP contribution in [-0.2, 0) is 0 Å². The molecule has 0 atom stereocenters. The van der Waals surface area contributed by atoms with E-state index in [-0.39, 0.29) is 17.2 Å². The molecule has 0 saturated heterocycles. The lowest BCUT2D eigenvalue weighted by Gasteiger charge is -2.13. The molecule has 4 aromatic rings. The van der Waals surface area contributed by atoms with Crippen molar-refractivity contribution in [1.82, 2.24) is 0 Å². The van der Waals surface area contributed by atoms with Gasteiger partial charge in [0.1, 0.15) is 5.69 Å². The van der Waals surface area contributed by atoms with Crippen LogP contribution in [0.15, 0.2) is 82.4 Å². The molecular formula is C25H17BrN4O7. The van der Waals surface area contributed by atoms with Crippen molar-refractivity contribution in [2.75, 3.05) is 12.5 Å². The largest absolute Gasteiger partial charge is 0.493 e. The molecule has 0 aromatic heterocycles. The number of nitrogens with one attached hydrogen (secondary N) is 1. The predicted octanol–water partition coefficient (Wildman–Crippen LogP) is 6.09. The quantitative estimate of drug-likeness (QED) is 0.0888. The number of carbonyl (C=O) groups excluding carboxylic acids is 1. The molecule has 4 rings (SSSR count). The molecule has 37 heavy (non-hydrogen) atoms. The van der Waals surface area contributed by atoms with Gasteiger partial charge in [0.25, 0.3) is 5.69 Å². The summed E-state index contributed by atoms with van der Waals surface area (Å²) in [5.41, 5.74) is 2.47. The number of esters is 1. The van der Waals surface area contributed by atoms with Crippen LogP contribution >= 0.6 is 15.9 Å². The van der Waals surface area contributed by atoms with Crippen molar-refractivity contribution >= 4 is 55.9 Å². The molecule has 0 amide bonds. The molecule has 0 aliphatic carbocycles. The summed E-state index contributed by atoms with van der Waals surface area (Å²) in [5, 5.41) is 27.8. The van der Waals surface area contributed by atoms with Crippen molar-refractivity contribution in [3.63, 3.8) is 0 Å². The summed E-state index contributed by atoms with van der Waals surface area (Å²) in [5.74, 6) is -0.161. The number of ether oxygens (including phenoxy) is 2. The fourth-order valence-corrected chi connectivity index (χ4v) is 4.06. The summed E-state index contributed by atoms with van der Waals surface area (Å²) in [6.45, 7) is 0. The summed E-state index contributed by atoms with van der Waals surface area (Å²) < 4.78 is 11.5. The smallest absolute Gasteiger partial charge is 0.344 e. The second-order valence-corrected chi connectivity index (χ2v) is 8.39.